The first-order chi connectivity index (χ1) is 9.66. The average molecular weight is 284 g/mol. The summed E-state index contributed by atoms with van der Waals surface area (Å²) >= 11 is 0. The average Bonchev–Trinajstić information content (AvgIpc) is 2.44. The molecule has 1 aliphatic rings. The molecule has 0 radical (unpaired) electrons. The Morgan fingerprint density at radius 1 is 1.35 bits per heavy atom. The van der Waals surface area contributed by atoms with Crippen molar-refractivity contribution in [3.05, 3.63) is 29.8 Å². The SMILES string of the molecule is O=C(CNCC1CCCOC1)Nc1c(F)cccc1F. The second kappa shape index (κ2) is 7.31. The van der Waals surface area contributed by atoms with Crippen LogP contribution in [0.5, 0.6) is 0 Å². The molecule has 1 atom stereocenters. The monoisotopic (exact) mass is 284 g/mol. The Morgan fingerprint density at radius 2 is 2.10 bits per heavy atom. The summed E-state index contributed by atoms with van der Waals surface area (Å²) in [4.78, 5) is 11.6. The molecular formula is C14H18F2N2O2. The van der Waals surface area contributed by atoms with Crippen LogP contribution in [-0.2, 0) is 9.53 Å². The number of nitrogens with one attached hydrogen (secondary N) is 2. The summed E-state index contributed by atoms with van der Waals surface area (Å²) in [6, 6.07) is 3.46. The Kier molecular flexibility index (Phi) is 5.43. The topological polar surface area (TPSA) is 50.4 Å². The van der Waals surface area contributed by atoms with E-state index in [1.807, 2.05) is 0 Å². The number of benzene rings is 1. The first kappa shape index (κ1) is 14.9. The smallest absolute Gasteiger partial charge is 0.238 e. The fraction of sp³-hybridized carbons (Fsp3) is 0.500. The maximum Gasteiger partial charge on any atom is 0.238 e. The summed E-state index contributed by atoms with van der Waals surface area (Å²) in [5, 5.41) is 5.21. The second-order valence-corrected chi connectivity index (χ2v) is 4.86. The summed E-state index contributed by atoms with van der Waals surface area (Å²) < 4.78 is 32.0. The number of halogens is 2. The van der Waals surface area contributed by atoms with Crippen LogP contribution in [0.15, 0.2) is 18.2 Å². The van der Waals surface area contributed by atoms with Gasteiger partial charge in [-0.2, -0.15) is 0 Å². The molecule has 20 heavy (non-hydrogen) atoms. The van der Waals surface area contributed by atoms with Gasteiger partial charge in [-0.15, -0.1) is 0 Å². The zero-order valence-electron chi connectivity index (χ0n) is 11.1. The lowest BCUT2D eigenvalue weighted by molar-refractivity contribution is -0.115. The van der Waals surface area contributed by atoms with Crippen molar-refractivity contribution in [2.75, 3.05) is 31.6 Å². The Labute approximate surface area is 116 Å². The predicted molar refractivity (Wildman–Crippen MR) is 71.4 cm³/mol. The summed E-state index contributed by atoms with van der Waals surface area (Å²) in [7, 11) is 0. The minimum Gasteiger partial charge on any atom is -0.381 e. The van der Waals surface area contributed by atoms with Crippen LogP contribution in [0, 0.1) is 17.6 Å². The number of hydrogen-bond donors (Lipinski definition) is 2. The second-order valence-electron chi connectivity index (χ2n) is 4.86. The highest BCUT2D eigenvalue weighted by atomic mass is 19.1. The summed E-state index contributed by atoms with van der Waals surface area (Å²) in [6.45, 7) is 2.16. The first-order valence-electron chi connectivity index (χ1n) is 6.69. The quantitative estimate of drug-likeness (QED) is 0.868. The highest BCUT2D eigenvalue weighted by Crippen LogP contribution is 2.17. The molecule has 1 aromatic carbocycles. The Hall–Kier alpha value is -1.53. The molecule has 1 saturated heterocycles. The van der Waals surface area contributed by atoms with Gasteiger partial charge in [0.05, 0.1) is 13.2 Å². The van der Waals surface area contributed by atoms with Gasteiger partial charge in [-0.25, -0.2) is 8.78 Å². The van der Waals surface area contributed by atoms with Gasteiger partial charge >= 0.3 is 0 Å². The summed E-state index contributed by atoms with van der Waals surface area (Å²) in [5.74, 6) is -1.63. The van der Waals surface area contributed by atoms with Crippen molar-refractivity contribution in [1.29, 1.82) is 0 Å². The Balaban J connectivity index is 1.75. The van der Waals surface area contributed by atoms with Gasteiger partial charge in [-0.05, 0) is 30.9 Å². The minimum atomic E-state index is -0.779. The van der Waals surface area contributed by atoms with Crippen molar-refractivity contribution in [3.8, 4) is 0 Å². The molecule has 0 spiro atoms. The van der Waals surface area contributed by atoms with E-state index >= 15 is 0 Å². The maximum absolute atomic E-state index is 13.3. The van der Waals surface area contributed by atoms with Crippen LogP contribution in [0.2, 0.25) is 0 Å². The first-order valence-corrected chi connectivity index (χ1v) is 6.69. The fourth-order valence-electron chi connectivity index (χ4n) is 2.16. The number of para-hydroxylation sites is 1. The van der Waals surface area contributed by atoms with E-state index in [0.29, 0.717) is 19.1 Å². The van der Waals surface area contributed by atoms with Gasteiger partial charge in [0.1, 0.15) is 17.3 Å². The lowest BCUT2D eigenvalue weighted by Crippen LogP contribution is -2.34. The molecule has 4 nitrogen and oxygen atoms in total. The zero-order chi connectivity index (χ0) is 14.4. The van der Waals surface area contributed by atoms with E-state index in [9.17, 15) is 13.6 Å². The fourth-order valence-corrected chi connectivity index (χ4v) is 2.16. The molecule has 0 aromatic heterocycles. The van der Waals surface area contributed by atoms with Crippen molar-refractivity contribution < 1.29 is 18.3 Å². The van der Waals surface area contributed by atoms with Crippen LogP contribution in [0.1, 0.15) is 12.8 Å². The van der Waals surface area contributed by atoms with E-state index in [2.05, 4.69) is 10.6 Å². The number of ether oxygens (including phenoxy) is 1. The van der Waals surface area contributed by atoms with Gasteiger partial charge in [0, 0.05) is 13.2 Å². The van der Waals surface area contributed by atoms with Crippen molar-refractivity contribution in [3.63, 3.8) is 0 Å². The van der Waals surface area contributed by atoms with Gasteiger partial charge in [0.25, 0.3) is 0 Å². The van der Waals surface area contributed by atoms with Gasteiger partial charge < -0.3 is 15.4 Å². The number of hydrogen-bond acceptors (Lipinski definition) is 3. The predicted octanol–water partition coefficient (Wildman–Crippen LogP) is 1.92. The lowest BCUT2D eigenvalue weighted by Gasteiger charge is -2.22. The molecule has 2 rings (SSSR count). The van der Waals surface area contributed by atoms with E-state index in [0.717, 1.165) is 31.6 Å². The molecule has 1 aromatic rings. The van der Waals surface area contributed by atoms with Crippen molar-refractivity contribution in [1.82, 2.24) is 5.32 Å². The lowest BCUT2D eigenvalue weighted by atomic mass is 10.0. The molecule has 1 fully saturated rings. The van der Waals surface area contributed by atoms with Crippen molar-refractivity contribution in [2.45, 2.75) is 12.8 Å². The highest BCUT2D eigenvalue weighted by molar-refractivity contribution is 5.92. The van der Waals surface area contributed by atoms with Crippen LogP contribution in [-0.4, -0.2) is 32.2 Å². The highest BCUT2D eigenvalue weighted by Gasteiger charge is 2.15. The van der Waals surface area contributed by atoms with Crippen LogP contribution in [0.3, 0.4) is 0 Å². The minimum absolute atomic E-state index is 0.0181. The number of carbonyl (C=O) groups is 1. The third-order valence-electron chi connectivity index (χ3n) is 3.20. The molecule has 0 bridgehead atoms. The van der Waals surface area contributed by atoms with Crippen LogP contribution >= 0.6 is 0 Å². The molecule has 1 unspecified atom stereocenters. The van der Waals surface area contributed by atoms with Crippen LogP contribution in [0.4, 0.5) is 14.5 Å². The maximum atomic E-state index is 13.3. The van der Waals surface area contributed by atoms with E-state index in [1.54, 1.807) is 0 Å². The van der Waals surface area contributed by atoms with Crippen LogP contribution in [0.25, 0.3) is 0 Å². The van der Waals surface area contributed by atoms with Crippen molar-refractivity contribution in [2.24, 2.45) is 5.92 Å². The van der Waals surface area contributed by atoms with Gasteiger partial charge in [0.2, 0.25) is 5.91 Å². The number of rotatable bonds is 5. The van der Waals surface area contributed by atoms with Gasteiger partial charge in [-0.1, -0.05) is 6.07 Å². The summed E-state index contributed by atoms with van der Waals surface area (Å²) in [5.41, 5.74) is -0.403. The van der Waals surface area contributed by atoms with Crippen molar-refractivity contribution >= 4 is 11.6 Å². The molecular weight excluding hydrogens is 266 g/mol. The molecule has 110 valence electrons. The Bertz CT molecular complexity index is 442. The standard InChI is InChI=1S/C14H18F2N2O2/c15-11-4-1-5-12(16)14(11)18-13(19)8-17-7-10-3-2-6-20-9-10/h1,4-5,10,17H,2-3,6-9H2,(H,18,19). The summed E-state index contributed by atoms with van der Waals surface area (Å²) in [6.07, 6.45) is 2.09. The molecule has 1 amide bonds. The molecule has 1 aliphatic heterocycles. The Morgan fingerprint density at radius 3 is 2.75 bits per heavy atom. The number of anilines is 1. The number of amides is 1. The van der Waals surface area contributed by atoms with Crippen LogP contribution < -0.4 is 10.6 Å². The van der Waals surface area contributed by atoms with Gasteiger partial charge in [-0.3, -0.25) is 4.79 Å². The third kappa shape index (κ3) is 4.25. The van der Waals surface area contributed by atoms with E-state index in [4.69, 9.17) is 4.74 Å². The third-order valence-corrected chi connectivity index (χ3v) is 3.20. The van der Waals surface area contributed by atoms with E-state index in [-0.39, 0.29) is 6.54 Å². The zero-order valence-corrected chi connectivity index (χ0v) is 11.1. The normalized spacial score (nSPS) is 18.8. The number of carbonyl (C=O) groups excluding carboxylic acids is 1. The van der Waals surface area contributed by atoms with E-state index in [1.165, 1.54) is 6.07 Å². The molecule has 0 saturated carbocycles. The molecule has 0 aliphatic carbocycles. The molecule has 1 heterocycles. The largest absolute Gasteiger partial charge is 0.381 e. The van der Waals surface area contributed by atoms with Gasteiger partial charge in [0.15, 0.2) is 0 Å². The molecule has 6 heteroatoms. The molecule has 2 N–H and O–H groups in total. The van der Waals surface area contributed by atoms with E-state index < -0.39 is 23.2 Å².